The molecule has 0 saturated carbocycles. The zero-order valence-electron chi connectivity index (χ0n) is 37.9. The van der Waals surface area contributed by atoms with Gasteiger partial charge in [-0.25, -0.2) is 9.78 Å². The average molecular weight is 877 g/mol. The summed E-state index contributed by atoms with van der Waals surface area (Å²) in [6, 6.07) is 28.1. The normalized spacial score (nSPS) is 13.4. The van der Waals surface area contributed by atoms with Crippen molar-refractivity contribution in [3.63, 3.8) is 0 Å². The van der Waals surface area contributed by atoms with E-state index in [0.717, 1.165) is 29.5 Å². The lowest BCUT2D eigenvalue weighted by Crippen LogP contribution is -2.56. The minimum Gasteiger partial charge on any atom is -0.459 e. The van der Waals surface area contributed by atoms with Crippen LogP contribution in [0.15, 0.2) is 109 Å². The highest BCUT2D eigenvalue weighted by Crippen LogP contribution is 2.16. The van der Waals surface area contributed by atoms with E-state index in [1.54, 1.807) is 17.0 Å². The van der Waals surface area contributed by atoms with Gasteiger partial charge in [-0.1, -0.05) is 125 Å². The average Bonchev–Trinajstić information content (AvgIpc) is 3.29. The van der Waals surface area contributed by atoms with E-state index in [1.807, 2.05) is 119 Å². The third-order valence-electron chi connectivity index (χ3n) is 10.6. The molecule has 0 aliphatic carbocycles. The predicted octanol–water partition coefficient (Wildman–Crippen LogP) is 5.28. The first kappa shape index (κ1) is 50.2. The first-order chi connectivity index (χ1) is 30.7. The second kappa shape index (κ2) is 25.6. The van der Waals surface area contributed by atoms with E-state index in [1.165, 1.54) is 24.9 Å². The molecule has 0 spiro atoms. The zero-order valence-corrected chi connectivity index (χ0v) is 37.9. The number of amides is 5. The molecule has 0 aliphatic heterocycles. The fraction of sp³-hybridized carbons (Fsp3) is 0.420. The number of benzene rings is 3. The number of carbonyl (C=O) groups is 6. The predicted molar refractivity (Wildman–Crippen MR) is 245 cm³/mol. The summed E-state index contributed by atoms with van der Waals surface area (Å²) in [7, 11) is 1.49. The second-order valence-electron chi connectivity index (χ2n) is 16.5. The SMILES string of the molecule is CCCN(CCC)C(=O)c1cccc(C(=O)N[C@@H](Cc2ccccc2)[C@@H](O)CC(=O)N[C@@H](CC(C)C)C(=O)N[C@@H](C)C(=O)N(C)[C@H](Cc2ccccc2)C(=O)OCc2ccccc2)n1. The van der Waals surface area contributed by atoms with Crippen LogP contribution in [0.25, 0.3) is 0 Å². The molecule has 1 heterocycles. The molecule has 0 unspecified atom stereocenters. The third kappa shape index (κ3) is 15.7. The van der Waals surface area contributed by atoms with Crippen LogP contribution in [0.3, 0.4) is 0 Å². The Kier molecular flexibility index (Phi) is 20.1. The quantitative estimate of drug-likeness (QED) is 0.0680. The molecule has 0 aliphatic rings. The summed E-state index contributed by atoms with van der Waals surface area (Å²) in [5, 5.41) is 19.8. The van der Waals surface area contributed by atoms with Gasteiger partial charge in [-0.3, -0.25) is 24.0 Å². The number of nitrogens with one attached hydrogen (secondary N) is 3. The monoisotopic (exact) mass is 876 g/mol. The van der Waals surface area contributed by atoms with Crippen molar-refractivity contribution in [1.29, 1.82) is 0 Å². The van der Waals surface area contributed by atoms with Crippen molar-refractivity contribution in [1.82, 2.24) is 30.7 Å². The topological polar surface area (TPSA) is 187 Å². The molecule has 64 heavy (non-hydrogen) atoms. The van der Waals surface area contributed by atoms with Crippen LogP contribution in [0.5, 0.6) is 0 Å². The zero-order chi connectivity index (χ0) is 46.6. The van der Waals surface area contributed by atoms with Crippen LogP contribution in [-0.2, 0) is 43.4 Å². The highest BCUT2D eigenvalue weighted by molar-refractivity contribution is 5.97. The van der Waals surface area contributed by atoms with Crippen molar-refractivity contribution >= 4 is 35.5 Å². The van der Waals surface area contributed by atoms with Gasteiger partial charge in [0.1, 0.15) is 36.1 Å². The summed E-state index contributed by atoms with van der Waals surface area (Å²) in [6.45, 7) is 10.4. The molecule has 0 radical (unpaired) electrons. The molecule has 5 atom stereocenters. The van der Waals surface area contributed by atoms with Crippen molar-refractivity contribution in [2.75, 3.05) is 20.1 Å². The number of aliphatic hydroxyl groups is 1. The van der Waals surface area contributed by atoms with Crippen molar-refractivity contribution in [3.05, 3.63) is 137 Å². The largest absolute Gasteiger partial charge is 0.459 e. The molecule has 0 fully saturated rings. The molecular formula is C50H64N6O8. The van der Waals surface area contributed by atoms with Crippen molar-refractivity contribution < 1.29 is 38.6 Å². The highest BCUT2D eigenvalue weighted by atomic mass is 16.5. The smallest absolute Gasteiger partial charge is 0.329 e. The van der Waals surface area contributed by atoms with Gasteiger partial charge in [-0.05, 0) is 67.3 Å². The number of hydrogen-bond donors (Lipinski definition) is 4. The van der Waals surface area contributed by atoms with Crippen LogP contribution in [-0.4, -0.2) is 106 Å². The van der Waals surface area contributed by atoms with Crippen LogP contribution in [0.2, 0.25) is 0 Å². The molecule has 0 saturated heterocycles. The molecule has 1 aromatic heterocycles. The number of likely N-dealkylation sites (N-methyl/N-ethyl adjacent to an activating group) is 1. The molecule has 3 aromatic carbocycles. The minimum absolute atomic E-state index is 0.0213. The van der Waals surface area contributed by atoms with E-state index in [4.69, 9.17) is 4.74 Å². The van der Waals surface area contributed by atoms with Gasteiger partial charge in [0.2, 0.25) is 17.7 Å². The second-order valence-corrected chi connectivity index (χ2v) is 16.5. The fourth-order valence-electron chi connectivity index (χ4n) is 7.25. The molecule has 4 rings (SSSR count). The summed E-state index contributed by atoms with van der Waals surface area (Å²) in [4.78, 5) is 89.1. The Hall–Kier alpha value is -6.41. The number of ether oxygens (including phenoxy) is 1. The lowest BCUT2D eigenvalue weighted by Gasteiger charge is -2.30. The summed E-state index contributed by atoms with van der Waals surface area (Å²) in [6.07, 6.45) is 0.209. The molecule has 342 valence electrons. The Morgan fingerprint density at radius 2 is 1.23 bits per heavy atom. The molecule has 4 aromatic rings. The van der Waals surface area contributed by atoms with Crippen molar-refractivity contribution in [2.24, 2.45) is 5.92 Å². The van der Waals surface area contributed by atoms with E-state index < -0.39 is 66.3 Å². The van der Waals surface area contributed by atoms with Crippen LogP contribution >= 0.6 is 0 Å². The van der Waals surface area contributed by atoms with Crippen molar-refractivity contribution in [3.8, 4) is 0 Å². The highest BCUT2D eigenvalue weighted by Gasteiger charge is 2.34. The number of rotatable bonds is 24. The summed E-state index contributed by atoms with van der Waals surface area (Å²) >= 11 is 0. The van der Waals surface area contributed by atoms with E-state index in [2.05, 4.69) is 20.9 Å². The summed E-state index contributed by atoms with van der Waals surface area (Å²) in [5.74, 6) is -3.40. The Labute approximate surface area is 377 Å². The van der Waals surface area contributed by atoms with E-state index in [-0.39, 0.29) is 49.1 Å². The Morgan fingerprint density at radius 1 is 0.688 bits per heavy atom. The Bertz CT molecular complexity index is 2110. The maximum absolute atomic E-state index is 13.9. The maximum atomic E-state index is 13.9. The summed E-state index contributed by atoms with van der Waals surface area (Å²) < 4.78 is 5.65. The third-order valence-corrected chi connectivity index (χ3v) is 10.6. The molecule has 14 heteroatoms. The van der Waals surface area contributed by atoms with Crippen molar-refractivity contribution in [2.45, 2.75) is 110 Å². The van der Waals surface area contributed by atoms with Gasteiger partial charge in [0.05, 0.1) is 18.6 Å². The number of aliphatic hydroxyl groups excluding tert-OH is 1. The van der Waals surface area contributed by atoms with E-state index >= 15 is 0 Å². The van der Waals surface area contributed by atoms with Gasteiger partial charge in [0, 0.05) is 26.6 Å². The van der Waals surface area contributed by atoms with Crippen LogP contribution in [0.1, 0.15) is 98.0 Å². The molecule has 5 amide bonds. The number of hydrogen-bond acceptors (Lipinski definition) is 9. The molecule has 4 N–H and O–H groups in total. The number of carbonyl (C=O) groups excluding carboxylic acids is 6. The van der Waals surface area contributed by atoms with Gasteiger partial charge in [-0.15, -0.1) is 0 Å². The van der Waals surface area contributed by atoms with E-state index in [0.29, 0.717) is 13.1 Å². The fourth-order valence-corrected chi connectivity index (χ4v) is 7.25. The van der Waals surface area contributed by atoms with Gasteiger partial charge in [-0.2, -0.15) is 0 Å². The number of nitrogens with zero attached hydrogens (tertiary/aromatic N) is 3. The lowest BCUT2D eigenvalue weighted by molar-refractivity contribution is -0.156. The number of aromatic nitrogens is 1. The minimum atomic E-state index is -1.40. The van der Waals surface area contributed by atoms with Crippen LogP contribution < -0.4 is 16.0 Å². The molecule has 14 nitrogen and oxygen atoms in total. The Balaban J connectivity index is 1.45. The molecular weight excluding hydrogens is 813 g/mol. The maximum Gasteiger partial charge on any atom is 0.329 e. The standard InChI is InChI=1S/C50H64N6O8/c1-7-27-56(28-8-2)49(62)40-26-18-25-39(52-40)46(59)54-41(30-36-19-12-9-13-20-36)44(57)32-45(58)53-42(29-34(3)4)47(60)51-35(5)48(61)55(6)43(31-37-21-14-10-15-22-37)50(63)64-33-38-23-16-11-17-24-38/h9-26,34-35,41-44,57H,7-8,27-33H2,1-6H3,(H,51,60)(H,53,58)(H,54,59)/t35-,41-,42-,43+,44-/m0/s1. The summed E-state index contributed by atoms with van der Waals surface area (Å²) in [5.41, 5.74) is 2.49. The van der Waals surface area contributed by atoms with Gasteiger partial charge in [0.25, 0.3) is 11.8 Å². The lowest BCUT2D eigenvalue weighted by atomic mass is 9.98. The van der Waals surface area contributed by atoms with E-state index in [9.17, 15) is 33.9 Å². The number of pyridine rings is 1. The molecule has 0 bridgehead atoms. The van der Waals surface area contributed by atoms with Gasteiger partial charge in [0.15, 0.2) is 0 Å². The van der Waals surface area contributed by atoms with Crippen LogP contribution in [0, 0.1) is 5.92 Å². The first-order valence-corrected chi connectivity index (χ1v) is 22.1. The van der Waals surface area contributed by atoms with Gasteiger partial charge >= 0.3 is 5.97 Å². The number of esters is 1. The van der Waals surface area contributed by atoms with Crippen LogP contribution in [0.4, 0.5) is 0 Å². The van der Waals surface area contributed by atoms with Gasteiger partial charge < -0.3 is 35.6 Å². The first-order valence-electron chi connectivity index (χ1n) is 22.1. The Morgan fingerprint density at radius 3 is 1.80 bits per heavy atom.